The molecule has 0 saturated carbocycles. The molecule has 0 aromatic heterocycles. The molecule has 2 rings (SSSR count). The van der Waals surface area contributed by atoms with Gasteiger partial charge in [0.15, 0.2) is 0 Å². The van der Waals surface area contributed by atoms with E-state index in [0.29, 0.717) is 6.42 Å². The summed E-state index contributed by atoms with van der Waals surface area (Å²) in [7, 11) is 1.68. The van der Waals surface area contributed by atoms with E-state index in [1.54, 1.807) is 7.11 Å². The summed E-state index contributed by atoms with van der Waals surface area (Å²) >= 11 is 0. The maximum atomic E-state index is 12.0. The Morgan fingerprint density at radius 1 is 1.23 bits per heavy atom. The van der Waals surface area contributed by atoms with E-state index in [0.717, 1.165) is 44.9 Å². The monoisotopic (exact) mass is 305 g/mol. The predicted octanol–water partition coefficient (Wildman–Crippen LogP) is 1.12. The number of amides is 1. The van der Waals surface area contributed by atoms with Crippen LogP contribution in [0.15, 0.2) is 24.3 Å². The van der Waals surface area contributed by atoms with Gasteiger partial charge in [0, 0.05) is 32.7 Å². The predicted molar refractivity (Wildman–Crippen MR) is 88.0 cm³/mol. The van der Waals surface area contributed by atoms with Crippen molar-refractivity contribution in [2.45, 2.75) is 25.8 Å². The van der Waals surface area contributed by atoms with Crippen LogP contribution in [0.25, 0.3) is 0 Å². The molecule has 1 fully saturated rings. The minimum Gasteiger partial charge on any atom is -0.497 e. The summed E-state index contributed by atoms with van der Waals surface area (Å²) in [6.07, 6.45) is 1.73. The Bertz CT molecular complexity index is 467. The number of hydrogen-bond acceptors (Lipinski definition) is 4. The SMILES string of the molecule is CC[C@@H](N)C(=O)N1CCN(CCc2ccc(OC)cc2)CC1. The number of methoxy groups -OCH3 is 1. The van der Waals surface area contributed by atoms with Crippen LogP contribution in [0.2, 0.25) is 0 Å². The first kappa shape index (κ1) is 16.8. The van der Waals surface area contributed by atoms with Crippen LogP contribution >= 0.6 is 0 Å². The Balaban J connectivity index is 1.74. The first-order valence-corrected chi connectivity index (χ1v) is 8.03. The number of hydrogen-bond donors (Lipinski definition) is 1. The molecule has 0 unspecified atom stereocenters. The Kier molecular flexibility index (Phi) is 6.21. The summed E-state index contributed by atoms with van der Waals surface area (Å²) in [5.74, 6) is 0.987. The molecule has 1 amide bonds. The molecule has 1 aromatic carbocycles. The van der Waals surface area contributed by atoms with Crippen molar-refractivity contribution >= 4 is 5.91 Å². The van der Waals surface area contributed by atoms with Crippen LogP contribution in [0.1, 0.15) is 18.9 Å². The summed E-state index contributed by atoms with van der Waals surface area (Å²) in [6, 6.07) is 7.87. The van der Waals surface area contributed by atoms with E-state index in [1.165, 1.54) is 5.56 Å². The van der Waals surface area contributed by atoms with Crippen molar-refractivity contribution < 1.29 is 9.53 Å². The lowest BCUT2D eigenvalue weighted by atomic mass is 10.1. The van der Waals surface area contributed by atoms with Crippen LogP contribution in [0.3, 0.4) is 0 Å². The largest absolute Gasteiger partial charge is 0.497 e. The molecule has 5 nitrogen and oxygen atoms in total. The fourth-order valence-corrected chi connectivity index (χ4v) is 2.68. The minimum atomic E-state index is -0.342. The summed E-state index contributed by atoms with van der Waals surface area (Å²) in [6.45, 7) is 6.41. The molecule has 1 aliphatic heterocycles. The van der Waals surface area contributed by atoms with Crippen molar-refractivity contribution in [2.75, 3.05) is 39.8 Å². The lowest BCUT2D eigenvalue weighted by Gasteiger charge is -2.35. The zero-order chi connectivity index (χ0) is 15.9. The maximum Gasteiger partial charge on any atom is 0.239 e. The van der Waals surface area contributed by atoms with Gasteiger partial charge >= 0.3 is 0 Å². The first-order chi connectivity index (χ1) is 10.6. The first-order valence-electron chi connectivity index (χ1n) is 8.03. The molecule has 0 spiro atoms. The molecule has 0 bridgehead atoms. The average Bonchev–Trinajstić information content (AvgIpc) is 2.59. The number of rotatable bonds is 6. The van der Waals surface area contributed by atoms with E-state index in [-0.39, 0.29) is 11.9 Å². The van der Waals surface area contributed by atoms with Crippen LogP contribution in [0, 0.1) is 0 Å². The van der Waals surface area contributed by atoms with Gasteiger partial charge in [-0.3, -0.25) is 9.69 Å². The third kappa shape index (κ3) is 4.45. The van der Waals surface area contributed by atoms with E-state index in [9.17, 15) is 4.79 Å². The van der Waals surface area contributed by atoms with E-state index >= 15 is 0 Å². The highest BCUT2D eigenvalue weighted by molar-refractivity contribution is 5.81. The van der Waals surface area contributed by atoms with Gasteiger partial charge in [-0.25, -0.2) is 0 Å². The number of ether oxygens (including phenoxy) is 1. The molecule has 1 saturated heterocycles. The van der Waals surface area contributed by atoms with Gasteiger partial charge in [-0.15, -0.1) is 0 Å². The lowest BCUT2D eigenvalue weighted by Crippen LogP contribution is -2.53. The summed E-state index contributed by atoms with van der Waals surface area (Å²) in [4.78, 5) is 16.4. The number of nitrogens with two attached hydrogens (primary N) is 1. The van der Waals surface area contributed by atoms with Gasteiger partial charge in [0.05, 0.1) is 13.2 Å². The van der Waals surface area contributed by atoms with E-state index < -0.39 is 0 Å². The molecule has 22 heavy (non-hydrogen) atoms. The van der Waals surface area contributed by atoms with Gasteiger partial charge in [-0.1, -0.05) is 19.1 Å². The highest BCUT2D eigenvalue weighted by Gasteiger charge is 2.23. The third-order valence-electron chi connectivity index (χ3n) is 4.32. The number of carbonyl (C=O) groups is 1. The van der Waals surface area contributed by atoms with Crippen LogP contribution in [0.5, 0.6) is 5.75 Å². The maximum absolute atomic E-state index is 12.0. The van der Waals surface area contributed by atoms with E-state index in [4.69, 9.17) is 10.5 Å². The van der Waals surface area contributed by atoms with Gasteiger partial charge < -0.3 is 15.4 Å². The standard InChI is InChI=1S/C17H27N3O2/c1-3-16(18)17(21)20-12-10-19(11-13-20)9-8-14-4-6-15(22-2)7-5-14/h4-7,16H,3,8-13,18H2,1-2H3/t16-/m1/s1. The van der Waals surface area contributed by atoms with E-state index in [2.05, 4.69) is 17.0 Å². The number of carbonyl (C=O) groups excluding carboxylic acids is 1. The van der Waals surface area contributed by atoms with Crippen molar-refractivity contribution in [3.63, 3.8) is 0 Å². The third-order valence-corrected chi connectivity index (χ3v) is 4.32. The number of benzene rings is 1. The molecule has 1 aliphatic rings. The Morgan fingerprint density at radius 2 is 1.86 bits per heavy atom. The van der Waals surface area contributed by atoms with Crippen LogP contribution < -0.4 is 10.5 Å². The summed E-state index contributed by atoms with van der Waals surface area (Å²) < 4.78 is 5.17. The second kappa shape index (κ2) is 8.15. The molecule has 1 heterocycles. The fourth-order valence-electron chi connectivity index (χ4n) is 2.68. The second-order valence-electron chi connectivity index (χ2n) is 5.78. The topological polar surface area (TPSA) is 58.8 Å². The highest BCUT2D eigenvalue weighted by atomic mass is 16.5. The molecule has 0 radical (unpaired) electrons. The quantitative estimate of drug-likeness (QED) is 0.855. The zero-order valence-electron chi connectivity index (χ0n) is 13.6. The van der Waals surface area contributed by atoms with Crippen molar-refractivity contribution in [1.82, 2.24) is 9.80 Å². The van der Waals surface area contributed by atoms with Gasteiger partial charge in [0.1, 0.15) is 5.75 Å². The Morgan fingerprint density at radius 3 is 2.41 bits per heavy atom. The molecular weight excluding hydrogens is 278 g/mol. The van der Waals surface area contributed by atoms with Crippen molar-refractivity contribution in [1.29, 1.82) is 0 Å². The fraction of sp³-hybridized carbons (Fsp3) is 0.588. The average molecular weight is 305 g/mol. The van der Waals surface area contributed by atoms with Gasteiger partial charge in [0.2, 0.25) is 5.91 Å². The molecule has 0 aliphatic carbocycles. The molecule has 5 heteroatoms. The number of piperazine rings is 1. The van der Waals surface area contributed by atoms with Crippen molar-refractivity contribution in [3.8, 4) is 5.75 Å². The van der Waals surface area contributed by atoms with E-state index in [1.807, 2.05) is 24.0 Å². The normalized spacial score (nSPS) is 17.3. The van der Waals surface area contributed by atoms with Crippen LogP contribution in [-0.4, -0.2) is 61.6 Å². The minimum absolute atomic E-state index is 0.0947. The van der Waals surface area contributed by atoms with Crippen LogP contribution in [-0.2, 0) is 11.2 Å². The smallest absolute Gasteiger partial charge is 0.239 e. The van der Waals surface area contributed by atoms with Crippen molar-refractivity contribution in [2.24, 2.45) is 5.73 Å². The molecular formula is C17H27N3O2. The zero-order valence-corrected chi connectivity index (χ0v) is 13.6. The molecule has 2 N–H and O–H groups in total. The Hall–Kier alpha value is -1.59. The molecule has 1 atom stereocenters. The number of nitrogens with zero attached hydrogens (tertiary/aromatic N) is 2. The van der Waals surface area contributed by atoms with Crippen molar-refractivity contribution in [3.05, 3.63) is 29.8 Å². The molecule has 122 valence electrons. The Labute approximate surface area is 133 Å². The van der Waals surface area contributed by atoms with Crippen LogP contribution in [0.4, 0.5) is 0 Å². The highest BCUT2D eigenvalue weighted by Crippen LogP contribution is 2.12. The van der Waals surface area contributed by atoms with Gasteiger partial charge in [-0.2, -0.15) is 0 Å². The summed E-state index contributed by atoms with van der Waals surface area (Å²) in [5, 5.41) is 0. The molecule has 1 aromatic rings. The summed E-state index contributed by atoms with van der Waals surface area (Å²) in [5.41, 5.74) is 7.14. The second-order valence-corrected chi connectivity index (χ2v) is 5.78. The van der Waals surface area contributed by atoms with Gasteiger partial charge in [0.25, 0.3) is 0 Å². The lowest BCUT2D eigenvalue weighted by molar-refractivity contribution is -0.134. The van der Waals surface area contributed by atoms with Gasteiger partial charge in [-0.05, 0) is 30.5 Å².